The van der Waals surface area contributed by atoms with E-state index in [2.05, 4.69) is 9.88 Å². The number of benzene rings is 1. The van der Waals surface area contributed by atoms with E-state index in [4.69, 9.17) is 0 Å². The summed E-state index contributed by atoms with van der Waals surface area (Å²) in [5.74, 6) is 0.550. The number of hydrogen-bond acceptors (Lipinski definition) is 3. The molecule has 1 fully saturated rings. The molecule has 0 radical (unpaired) electrons. The number of aromatic nitrogens is 1. The van der Waals surface area contributed by atoms with Crippen molar-refractivity contribution in [3.05, 3.63) is 59.9 Å². The first-order chi connectivity index (χ1) is 12.2. The normalized spacial score (nSPS) is 17.4. The van der Waals surface area contributed by atoms with Crippen LogP contribution in [-0.2, 0) is 17.6 Å². The summed E-state index contributed by atoms with van der Waals surface area (Å²) in [6.07, 6.45) is 8.34. The highest BCUT2D eigenvalue weighted by atomic mass is 16.3. The summed E-state index contributed by atoms with van der Waals surface area (Å²) in [5, 5.41) is 9.38. The third-order valence-electron chi connectivity index (χ3n) is 4.97. The van der Waals surface area contributed by atoms with Gasteiger partial charge in [0.2, 0.25) is 5.91 Å². The van der Waals surface area contributed by atoms with Crippen LogP contribution in [0.1, 0.15) is 43.4 Å². The maximum absolute atomic E-state index is 12.7. The number of carbonyl (C=O) groups excluding carboxylic acids is 1. The molecule has 2 aromatic rings. The molecule has 0 saturated carbocycles. The van der Waals surface area contributed by atoms with Crippen LogP contribution in [0.5, 0.6) is 5.75 Å². The number of amides is 1. The number of pyridine rings is 1. The van der Waals surface area contributed by atoms with E-state index in [1.165, 1.54) is 12.0 Å². The molecule has 1 atom stereocenters. The van der Waals surface area contributed by atoms with E-state index in [0.717, 1.165) is 37.9 Å². The number of likely N-dealkylation sites (tertiary alicyclic amines) is 1. The minimum Gasteiger partial charge on any atom is -0.508 e. The fourth-order valence-corrected chi connectivity index (χ4v) is 3.55. The van der Waals surface area contributed by atoms with E-state index < -0.39 is 0 Å². The van der Waals surface area contributed by atoms with Crippen molar-refractivity contribution in [1.29, 1.82) is 0 Å². The Morgan fingerprint density at radius 3 is 2.72 bits per heavy atom. The lowest BCUT2D eigenvalue weighted by Crippen LogP contribution is -2.44. The van der Waals surface area contributed by atoms with Crippen LogP contribution in [-0.4, -0.2) is 33.5 Å². The largest absolute Gasteiger partial charge is 0.508 e. The van der Waals surface area contributed by atoms with Gasteiger partial charge in [-0.3, -0.25) is 9.78 Å². The highest BCUT2D eigenvalue weighted by Gasteiger charge is 2.26. The second-order valence-electron chi connectivity index (χ2n) is 6.76. The Morgan fingerprint density at radius 1 is 1.12 bits per heavy atom. The van der Waals surface area contributed by atoms with Gasteiger partial charge in [0.15, 0.2) is 0 Å². The predicted molar refractivity (Wildman–Crippen MR) is 98.3 cm³/mol. The standard InChI is InChI=1S/C21H26N2O2/c24-20-12-8-17(9-13-20)7-11-19-6-2-4-16-23(19)21(25)14-10-18-5-1-3-15-22-18/h1,3,5,8-9,12-13,15,19,24H,2,4,6-7,10-11,14,16H2/t19-/m1/s1. The number of aromatic hydroxyl groups is 1. The second kappa shape index (κ2) is 8.65. The molecule has 0 aliphatic carbocycles. The van der Waals surface area contributed by atoms with Crippen LogP contribution in [0.25, 0.3) is 0 Å². The van der Waals surface area contributed by atoms with Gasteiger partial charge in [0, 0.05) is 30.9 Å². The molecule has 1 N–H and O–H groups in total. The van der Waals surface area contributed by atoms with Crippen molar-refractivity contribution in [1.82, 2.24) is 9.88 Å². The molecule has 3 rings (SSSR count). The molecular formula is C21H26N2O2. The number of carbonyl (C=O) groups is 1. The molecule has 0 spiro atoms. The van der Waals surface area contributed by atoms with Gasteiger partial charge in [-0.05, 0) is 68.4 Å². The molecule has 1 aliphatic heterocycles. The lowest BCUT2D eigenvalue weighted by Gasteiger charge is -2.36. The van der Waals surface area contributed by atoms with Crippen LogP contribution in [0, 0.1) is 0 Å². The zero-order valence-electron chi connectivity index (χ0n) is 14.6. The zero-order chi connectivity index (χ0) is 17.5. The number of rotatable bonds is 6. The summed E-state index contributed by atoms with van der Waals surface area (Å²) in [7, 11) is 0. The number of hydrogen-bond donors (Lipinski definition) is 1. The zero-order valence-corrected chi connectivity index (χ0v) is 14.6. The molecule has 4 heteroatoms. The molecule has 1 saturated heterocycles. The summed E-state index contributed by atoms with van der Waals surface area (Å²) in [4.78, 5) is 19.1. The summed E-state index contributed by atoms with van der Waals surface area (Å²) < 4.78 is 0. The van der Waals surface area contributed by atoms with Gasteiger partial charge in [0.25, 0.3) is 0 Å². The Balaban J connectivity index is 1.54. The van der Waals surface area contributed by atoms with Gasteiger partial charge < -0.3 is 10.0 Å². The molecule has 0 bridgehead atoms. The molecule has 1 aromatic carbocycles. The van der Waals surface area contributed by atoms with Gasteiger partial charge in [-0.25, -0.2) is 0 Å². The summed E-state index contributed by atoms with van der Waals surface area (Å²) >= 11 is 0. The van der Waals surface area contributed by atoms with E-state index in [-0.39, 0.29) is 5.91 Å². The smallest absolute Gasteiger partial charge is 0.223 e. The summed E-state index contributed by atoms with van der Waals surface area (Å²) in [5.41, 5.74) is 2.19. The maximum atomic E-state index is 12.7. The topological polar surface area (TPSA) is 53.4 Å². The van der Waals surface area contributed by atoms with Crippen molar-refractivity contribution in [3.8, 4) is 5.75 Å². The van der Waals surface area contributed by atoms with Crippen LogP contribution < -0.4 is 0 Å². The van der Waals surface area contributed by atoms with Gasteiger partial charge in [0.1, 0.15) is 5.75 Å². The van der Waals surface area contributed by atoms with Crippen LogP contribution >= 0.6 is 0 Å². The fraction of sp³-hybridized carbons (Fsp3) is 0.429. The minimum absolute atomic E-state index is 0.251. The van der Waals surface area contributed by atoms with Crippen molar-refractivity contribution in [3.63, 3.8) is 0 Å². The van der Waals surface area contributed by atoms with Crippen LogP contribution in [0.3, 0.4) is 0 Å². The molecule has 2 heterocycles. The second-order valence-corrected chi connectivity index (χ2v) is 6.76. The highest BCUT2D eigenvalue weighted by Crippen LogP contribution is 2.23. The average molecular weight is 338 g/mol. The van der Waals surface area contributed by atoms with Crippen LogP contribution in [0.4, 0.5) is 0 Å². The summed E-state index contributed by atoms with van der Waals surface area (Å²) in [6, 6.07) is 13.6. The van der Waals surface area contributed by atoms with Crippen molar-refractivity contribution >= 4 is 5.91 Å². The lowest BCUT2D eigenvalue weighted by molar-refractivity contribution is -0.135. The van der Waals surface area contributed by atoms with Crippen molar-refractivity contribution in [2.45, 2.75) is 51.0 Å². The fourth-order valence-electron chi connectivity index (χ4n) is 3.55. The monoisotopic (exact) mass is 338 g/mol. The molecule has 132 valence electrons. The Hall–Kier alpha value is -2.36. The molecule has 0 unspecified atom stereocenters. The predicted octanol–water partition coefficient (Wildman–Crippen LogP) is 3.73. The van der Waals surface area contributed by atoms with Gasteiger partial charge in [-0.15, -0.1) is 0 Å². The Bertz CT molecular complexity index is 670. The van der Waals surface area contributed by atoms with E-state index in [0.29, 0.717) is 24.6 Å². The molecule has 25 heavy (non-hydrogen) atoms. The molecule has 1 amide bonds. The number of aryl methyl sites for hydroxylation is 2. The Morgan fingerprint density at radius 2 is 1.96 bits per heavy atom. The highest BCUT2D eigenvalue weighted by molar-refractivity contribution is 5.76. The van der Waals surface area contributed by atoms with E-state index in [9.17, 15) is 9.90 Å². The average Bonchev–Trinajstić information content (AvgIpc) is 2.67. The Kier molecular flexibility index (Phi) is 6.04. The third kappa shape index (κ3) is 5.05. The maximum Gasteiger partial charge on any atom is 0.223 e. The first-order valence-electron chi connectivity index (χ1n) is 9.19. The number of phenolic OH excluding ortho intramolecular Hbond substituents is 1. The third-order valence-corrected chi connectivity index (χ3v) is 4.97. The number of piperidine rings is 1. The van der Waals surface area contributed by atoms with Gasteiger partial charge in [-0.1, -0.05) is 18.2 Å². The number of phenols is 1. The number of nitrogens with zero attached hydrogens (tertiary/aromatic N) is 2. The van der Waals surface area contributed by atoms with Crippen LogP contribution in [0.15, 0.2) is 48.7 Å². The van der Waals surface area contributed by atoms with Crippen molar-refractivity contribution in [2.75, 3.05) is 6.54 Å². The van der Waals surface area contributed by atoms with E-state index >= 15 is 0 Å². The van der Waals surface area contributed by atoms with Crippen LogP contribution in [0.2, 0.25) is 0 Å². The van der Waals surface area contributed by atoms with Gasteiger partial charge in [-0.2, -0.15) is 0 Å². The van der Waals surface area contributed by atoms with Gasteiger partial charge >= 0.3 is 0 Å². The summed E-state index contributed by atoms with van der Waals surface area (Å²) in [6.45, 7) is 0.876. The first-order valence-corrected chi connectivity index (χ1v) is 9.19. The molecule has 4 nitrogen and oxygen atoms in total. The molecular weight excluding hydrogens is 312 g/mol. The quantitative estimate of drug-likeness (QED) is 0.873. The van der Waals surface area contributed by atoms with Crippen molar-refractivity contribution in [2.24, 2.45) is 0 Å². The minimum atomic E-state index is 0.251. The molecule has 1 aliphatic rings. The SMILES string of the molecule is O=C(CCc1ccccn1)N1CCCC[C@@H]1CCc1ccc(O)cc1. The van der Waals surface area contributed by atoms with Crippen molar-refractivity contribution < 1.29 is 9.90 Å². The lowest BCUT2D eigenvalue weighted by atomic mass is 9.95. The van der Waals surface area contributed by atoms with Gasteiger partial charge in [0.05, 0.1) is 0 Å². The Labute approximate surface area is 149 Å². The first kappa shape index (κ1) is 17.5. The van der Waals surface area contributed by atoms with E-state index in [1.54, 1.807) is 18.3 Å². The van der Waals surface area contributed by atoms with E-state index in [1.807, 2.05) is 30.3 Å². The molecule has 1 aromatic heterocycles.